The van der Waals surface area contributed by atoms with Crippen molar-refractivity contribution in [3.05, 3.63) is 36.5 Å². The third kappa shape index (κ3) is 42.6. The molecule has 3 unspecified atom stereocenters. The molecular weight excluding hydrogens is 731 g/mol. The molecule has 346 valence electrons. The molecule has 59 heavy (non-hydrogen) atoms. The highest BCUT2D eigenvalue weighted by molar-refractivity contribution is 5.77. The van der Waals surface area contributed by atoms with Gasteiger partial charge in [-0.3, -0.25) is 9.59 Å². The van der Waals surface area contributed by atoms with Crippen molar-refractivity contribution >= 4 is 11.9 Å². The van der Waals surface area contributed by atoms with Gasteiger partial charge in [0.1, 0.15) is 6.10 Å². The summed E-state index contributed by atoms with van der Waals surface area (Å²) in [5.74, 6) is -0.481. The molecule has 0 aliphatic heterocycles. The first-order valence-electron chi connectivity index (χ1n) is 25.7. The maximum atomic E-state index is 13.2. The predicted molar refractivity (Wildman–Crippen MR) is 255 cm³/mol. The first-order valence-corrected chi connectivity index (χ1v) is 25.7. The Morgan fingerprint density at radius 3 is 1.34 bits per heavy atom. The lowest BCUT2D eigenvalue weighted by Gasteiger charge is -2.24. The standard InChI is InChI=1S/C53H99NO5/c1-4-7-10-13-16-19-21-23-24-25-26-27-28-29-31-34-37-40-43-46-53(58)59-49(44-41-38-35-32-18-15-12-9-6-3)47-52(57)54-50(48-55)51(56)45-42-39-36-33-30-22-20-17-14-11-8-5-2/h16,19,23-24,26-27,49-51,55-56H,4-15,17-18,20-22,25,28-48H2,1-3H3,(H,54,57)/b19-16-,24-23-,27-26-. The van der Waals surface area contributed by atoms with Gasteiger partial charge in [-0.05, 0) is 64.2 Å². The fourth-order valence-corrected chi connectivity index (χ4v) is 7.79. The van der Waals surface area contributed by atoms with E-state index in [-0.39, 0.29) is 24.9 Å². The molecule has 0 rings (SSSR count). The first kappa shape index (κ1) is 57.1. The fourth-order valence-electron chi connectivity index (χ4n) is 7.79. The van der Waals surface area contributed by atoms with Crippen LogP contribution in [0.25, 0.3) is 0 Å². The Hall–Kier alpha value is -1.92. The van der Waals surface area contributed by atoms with Gasteiger partial charge in [-0.2, -0.15) is 0 Å². The van der Waals surface area contributed by atoms with Crippen LogP contribution >= 0.6 is 0 Å². The number of aliphatic hydroxyl groups is 2. The van der Waals surface area contributed by atoms with Crippen molar-refractivity contribution in [3.63, 3.8) is 0 Å². The molecule has 0 aromatic rings. The third-order valence-corrected chi connectivity index (χ3v) is 11.7. The van der Waals surface area contributed by atoms with Gasteiger partial charge in [0.05, 0.1) is 25.2 Å². The topological polar surface area (TPSA) is 95.9 Å². The van der Waals surface area contributed by atoms with E-state index in [1.807, 2.05) is 0 Å². The minimum atomic E-state index is -0.785. The van der Waals surface area contributed by atoms with E-state index >= 15 is 0 Å². The quantitative estimate of drug-likeness (QED) is 0.0323. The number of allylic oxidation sites excluding steroid dienone is 6. The van der Waals surface area contributed by atoms with E-state index in [2.05, 4.69) is 62.5 Å². The largest absolute Gasteiger partial charge is 0.462 e. The van der Waals surface area contributed by atoms with Crippen LogP contribution in [-0.2, 0) is 14.3 Å². The second kappa shape index (κ2) is 47.1. The first-order chi connectivity index (χ1) is 29.0. The molecule has 0 fully saturated rings. The lowest BCUT2D eigenvalue weighted by molar-refractivity contribution is -0.151. The lowest BCUT2D eigenvalue weighted by atomic mass is 10.0. The third-order valence-electron chi connectivity index (χ3n) is 11.7. The summed E-state index contributed by atoms with van der Waals surface area (Å²) in [7, 11) is 0. The molecule has 0 saturated heterocycles. The van der Waals surface area contributed by atoms with E-state index in [4.69, 9.17) is 4.74 Å². The highest BCUT2D eigenvalue weighted by atomic mass is 16.5. The highest BCUT2D eigenvalue weighted by Crippen LogP contribution is 2.18. The average Bonchev–Trinajstić information content (AvgIpc) is 3.23. The number of aliphatic hydroxyl groups excluding tert-OH is 2. The van der Waals surface area contributed by atoms with Gasteiger partial charge in [-0.15, -0.1) is 0 Å². The summed E-state index contributed by atoms with van der Waals surface area (Å²) in [5, 5.41) is 23.7. The normalized spacial score (nSPS) is 13.5. The van der Waals surface area contributed by atoms with Crippen LogP contribution in [0.1, 0.15) is 265 Å². The van der Waals surface area contributed by atoms with E-state index < -0.39 is 18.2 Å². The molecule has 1 amide bonds. The molecular formula is C53H99NO5. The number of ether oxygens (including phenoxy) is 1. The van der Waals surface area contributed by atoms with Crippen molar-refractivity contribution in [1.29, 1.82) is 0 Å². The van der Waals surface area contributed by atoms with E-state index in [0.29, 0.717) is 19.3 Å². The zero-order valence-electron chi connectivity index (χ0n) is 39.4. The molecule has 0 radical (unpaired) electrons. The molecule has 6 heteroatoms. The van der Waals surface area contributed by atoms with E-state index in [1.165, 1.54) is 154 Å². The number of hydrogen-bond acceptors (Lipinski definition) is 5. The number of nitrogens with one attached hydrogen (secondary N) is 1. The van der Waals surface area contributed by atoms with Crippen molar-refractivity contribution in [3.8, 4) is 0 Å². The Balaban J connectivity index is 4.45. The summed E-state index contributed by atoms with van der Waals surface area (Å²) in [6.07, 6.45) is 54.9. The maximum absolute atomic E-state index is 13.2. The van der Waals surface area contributed by atoms with Crippen LogP contribution < -0.4 is 5.32 Å². The number of hydrogen-bond donors (Lipinski definition) is 3. The highest BCUT2D eigenvalue weighted by Gasteiger charge is 2.24. The van der Waals surface area contributed by atoms with Crippen molar-refractivity contribution in [1.82, 2.24) is 5.32 Å². The number of carbonyl (C=O) groups is 2. The molecule has 3 N–H and O–H groups in total. The molecule has 0 bridgehead atoms. The molecule has 6 nitrogen and oxygen atoms in total. The van der Waals surface area contributed by atoms with Crippen molar-refractivity contribution in [2.24, 2.45) is 0 Å². The fraction of sp³-hybridized carbons (Fsp3) is 0.849. The Bertz CT molecular complexity index is 977. The second-order valence-corrected chi connectivity index (χ2v) is 17.6. The van der Waals surface area contributed by atoms with Gasteiger partial charge < -0.3 is 20.3 Å². The molecule has 0 aliphatic rings. The van der Waals surface area contributed by atoms with Crippen molar-refractivity contribution in [2.45, 2.75) is 283 Å². The molecule has 3 atom stereocenters. The zero-order chi connectivity index (χ0) is 43.1. The molecule has 0 aliphatic carbocycles. The summed E-state index contributed by atoms with van der Waals surface area (Å²) in [6.45, 7) is 6.44. The van der Waals surface area contributed by atoms with Gasteiger partial charge in [-0.25, -0.2) is 0 Å². The molecule has 0 aromatic carbocycles. The summed E-state index contributed by atoms with van der Waals surface area (Å²) >= 11 is 0. The minimum absolute atomic E-state index is 0.0753. The average molecular weight is 830 g/mol. The van der Waals surface area contributed by atoms with Crippen LogP contribution in [-0.4, -0.2) is 46.9 Å². The van der Waals surface area contributed by atoms with Crippen LogP contribution in [0.2, 0.25) is 0 Å². The number of carbonyl (C=O) groups excluding carboxylic acids is 2. The number of unbranched alkanes of at least 4 members (excludes halogenated alkanes) is 28. The van der Waals surface area contributed by atoms with E-state index in [1.54, 1.807) is 0 Å². The Kier molecular flexibility index (Phi) is 45.6. The number of amides is 1. The van der Waals surface area contributed by atoms with Gasteiger partial charge in [0, 0.05) is 6.42 Å². The van der Waals surface area contributed by atoms with Gasteiger partial charge >= 0.3 is 5.97 Å². The monoisotopic (exact) mass is 830 g/mol. The zero-order valence-corrected chi connectivity index (χ0v) is 39.4. The Labute approximate surface area is 366 Å². The summed E-state index contributed by atoms with van der Waals surface area (Å²) < 4.78 is 5.91. The molecule has 0 spiro atoms. The SMILES string of the molecule is CCCCC/C=C\C/C=C\C/C=C\CCCCCCCCC(=O)OC(CCCCCCCCCCC)CC(=O)NC(CO)C(O)CCCCCCCCCCCCCC. The van der Waals surface area contributed by atoms with Crippen molar-refractivity contribution in [2.75, 3.05) is 6.61 Å². The van der Waals surface area contributed by atoms with Gasteiger partial charge in [0.25, 0.3) is 0 Å². The van der Waals surface area contributed by atoms with Gasteiger partial charge in [0.2, 0.25) is 5.91 Å². The summed E-state index contributed by atoms with van der Waals surface area (Å²) in [6, 6.07) is -0.699. The van der Waals surface area contributed by atoms with Crippen LogP contribution in [0.3, 0.4) is 0 Å². The summed E-state index contributed by atoms with van der Waals surface area (Å²) in [4.78, 5) is 26.1. The maximum Gasteiger partial charge on any atom is 0.306 e. The Morgan fingerprint density at radius 2 is 0.864 bits per heavy atom. The molecule has 0 saturated carbocycles. The summed E-state index contributed by atoms with van der Waals surface area (Å²) in [5.41, 5.74) is 0. The van der Waals surface area contributed by atoms with Gasteiger partial charge in [0.15, 0.2) is 0 Å². The lowest BCUT2D eigenvalue weighted by Crippen LogP contribution is -2.46. The van der Waals surface area contributed by atoms with Gasteiger partial charge in [-0.1, -0.05) is 224 Å². The molecule has 0 aromatic heterocycles. The van der Waals surface area contributed by atoms with Crippen molar-refractivity contribution < 1.29 is 24.5 Å². The smallest absolute Gasteiger partial charge is 0.306 e. The number of esters is 1. The minimum Gasteiger partial charge on any atom is -0.462 e. The van der Waals surface area contributed by atoms with E-state index in [0.717, 1.165) is 64.2 Å². The second-order valence-electron chi connectivity index (χ2n) is 17.6. The van der Waals surface area contributed by atoms with Crippen LogP contribution in [0.5, 0.6) is 0 Å². The Morgan fingerprint density at radius 1 is 0.492 bits per heavy atom. The van der Waals surface area contributed by atoms with Crippen LogP contribution in [0.15, 0.2) is 36.5 Å². The van der Waals surface area contributed by atoms with E-state index in [9.17, 15) is 19.8 Å². The molecule has 0 heterocycles. The number of rotatable bonds is 46. The van der Waals surface area contributed by atoms with Crippen LogP contribution in [0.4, 0.5) is 0 Å². The van der Waals surface area contributed by atoms with Crippen LogP contribution in [0, 0.1) is 0 Å². The predicted octanol–water partition coefficient (Wildman–Crippen LogP) is 15.3.